The molecule has 0 spiro atoms. The Labute approximate surface area is 107 Å². The van der Waals surface area contributed by atoms with Gasteiger partial charge in [-0.2, -0.15) is 0 Å². The van der Waals surface area contributed by atoms with Crippen molar-refractivity contribution in [3.8, 4) is 11.5 Å². The lowest BCUT2D eigenvalue weighted by molar-refractivity contribution is 0.0780. The van der Waals surface area contributed by atoms with E-state index in [1.165, 1.54) is 6.07 Å². The zero-order chi connectivity index (χ0) is 13.3. The van der Waals surface area contributed by atoms with E-state index >= 15 is 0 Å². The number of aromatic hydroxyl groups is 2. The second-order valence-corrected chi connectivity index (χ2v) is 5.22. The summed E-state index contributed by atoms with van der Waals surface area (Å²) in [7, 11) is 0. The van der Waals surface area contributed by atoms with Gasteiger partial charge < -0.3 is 15.1 Å². The second kappa shape index (κ2) is 4.88. The lowest BCUT2D eigenvalue weighted by Gasteiger charge is -2.18. The van der Waals surface area contributed by atoms with E-state index in [9.17, 15) is 15.0 Å². The van der Waals surface area contributed by atoms with Crippen LogP contribution in [0.5, 0.6) is 11.5 Å². The van der Waals surface area contributed by atoms with Crippen molar-refractivity contribution in [2.45, 2.75) is 20.3 Å². The Kier molecular flexibility index (Phi) is 3.45. The molecule has 1 amide bonds. The molecular formula is C14H19NO3. The van der Waals surface area contributed by atoms with E-state index in [0.29, 0.717) is 11.8 Å². The van der Waals surface area contributed by atoms with Crippen molar-refractivity contribution in [1.82, 2.24) is 4.90 Å². The van der Waals surface area contributed by atoms with Gasteiger partial charge in [-0.3, -0.25) is 4.79 Å². The minimum atomic E-state index is -0.324. The maximum Gasteiger partial charge on any atom is 0.257 e. The van der Waals surface area contributed by atoms with Crippen LogP contribution in [0.1, 0.15) is 30.6 Å². The smallest absolute Gasteiger partial charge is 0.257 e. The van der Waals surface area contributed by atoms with Gasteiger partial charge in [-0.1, -0.05) is 19.9 Å². The largest absolute Gasteiger partial charge is 0.504 e. The van der Waals surface area contributed by atoms with Crippen molar-refractivity contribution in [2.24, 2.45) is 11.8 Å². The first kappa shape index (κ1) is 12.7. The highest BCUT2D eigenvalue weighted by Gasteiger charge is 2.30. The van der Waals surface area contributed by atoms with Gasteiger partial charge in [-0.05, 0) is 30.4 Å². The summed E-state index contributed by atoms with van der Waals surface area (Å²) in [6.45, 7) is 5.76. The van der Waals surface area contributed by atoms with Crippen LogP contribution in [-0.2, 0) is 0 Å². The Morgan fingerprint density at radius 1 is 1.39 bits per heavy atom. The summed E-state index contributed by atoms with van der Waals surface area (Å²) in [6, 6.07) is 4.48. The van der Waals surface area contributed by atoms with Gasteiger partial charge in [0.15, 0.2) is 11.5 Å². The van der Waals surface area contributed by atoms with Gasteiger partial charge >= 0.3 is 0 Å². The molecule has 0 saturated carbocycles. The molecule has 1 saturated heterocycles. The zero-order valence-corrected chi connectivity index (χ0v) is 10.8. The standard InChI is InChI=1S/C14H19NO3/c1-9(2)10-6-7-15(8-10)14(18)11-4-3-5-12(16)13(11)17/h3-5,9-10,16-17H,6-8H2,1-2H3. The number of carbonyl (C=O) groups is 1. The SMILES string of the molecule is CC(C)C1CCN(C(=O)c2cccc(O)c2O)C1. The molecule has 1 aromatic rings. The zero-order valence-electron chi connectivity index (χ0n) is 10.8. The number of hydrogen-bond donors (Lipinski definition) is 2. The number of amides is 1. The molecule has 1 aliphatic heterocycles. The summed E-state index contributed by atoms with van der Waals surface area (Å²) in [5.74, 6) is 0.302. The molecule has 98 valence electrons. The van der Waals surface area contributed by atoms with Gasteiger partial charge in [0, 0.05) is 13.1 Å². The van der Waals surface area contributed by atoms with Gasteiger partial charge in [0.2, 0.25) is 0 Å². The Balaban J connectivity index is 2.16. The number of rotatable bonds is 2. The molecule has 1 aromatic carbocycles. The van der Waals surface area contributed by atoms with Crippen LogP contribution in [-0.4, -0.2) is 34.1 Å². The van der Waals surface area contributed by atoms with E-state index in [1.807, 2.05) is 0 Å². The molecule has 1 heterocycles. The fourth-order valence-corrected chi connectivity index (χ4v) is 2.39. The van der Waals surface area contributed by atoms with Gasteiger partial charge in [0.1, 0.15) is 0 Å². The van der Waals surface area contributed by atoms with E-state index in [4.69, 9.17) is 0 Å². The predicted octanol–water partition coefficient (Wildman–Crippen LogP) is 2.22. The molecule has 0 aliphatic carbocycles. The highest BCUT2D eigenvalue weighted by Crippen LogP contribution is 2.31. The van der Waals surface area contributed by atoms with E-state index in [-0.39, 0.29) is 23.0 Å². The number of nitrogens with zero attached hydrogens (tertiary/aromatic N) is 1. The number of phenols is 2. The van der Waals surface area contributed by atoms with Crippen LogP contribution >= 0.6 is 0 Å². The molecule has 1 aliphatic rings. The van der Waals surface area contributed by atoms with Crippen LogP contribution in [0.3, 0.4) is 0 Å². The van der Waals surface area contributed by atoms with Crippen LogP contribution in [0, 0.1) is 11.8 Å². The van der Waals surface area contributed by atoms with Gasteiger partial charge in [-0.15, -0.1) is 0 Å². The third-order valence-corrected chi connectivity index (χ3v) is 3.70. The molecule has 1 unspecified atom stereocenters. The maximum absolute atomic E-state index is 12.2. The first-order valence-electron chi connectivity index (χ1n) is 6.31. The molecule has 2 rings (SSSR count). The number of benzene rings is 1. The number of para-hydroxylation sites is 1. The van der Waals surface area contributed by atoms with Crippen molar-refractivity contribution in [2.75, 3.05) is 13.1 Å². The third kappa shape index (κ3) is 2.28. The van der Waals surface area contributed by atoms with Crippen molar-refractivity contribution in [1.29, 1.82) is 0 Å². The topological polar surface area (TPSA) is 60.8 Å². The van der Waals surface area contributed by atoms with Crippen LogP contribution in [0.15, 0.2) is 18.2 Å². The summed E-state index contributed by atoms with van der Waals surface area (Å²) >= 11 is 0. The first-order valence-corrected chi connectivity index (χ1v) is 6.31. The number of likely N-dealkylation sites (tertiary alicyclic amines) is 1. The molecule has 1 fully saturated rings. The van der Waals surface area contributed by atoms with Crippen molar-refractivity contribution in [3.63, 3.8) is 0 Å². The van der Waals surface area contributed by atoms with Crippen LogP contribution in [0.4, 0.5) is 0 Å². The number of phenolic OH excluding ortho intramolecular Hbond substituents is 2. The van der Waals surface area contributed by atoms with Gasteiger partial charge in [0.05, 0.1) is 5.56 Å². The molecule has 0 aromatic heterocycles. The Morgan fingerprint density at radius 2 is 2.11 bits per heavy atom. The molecular weight excluding hydrogens is 230 g/mol. The van der Waals surface area contributed by atoms with Crippen LogP contribution in [0.25, 0.3) is 0 Å². The maximum atomic E-state index is 12.2. The normalized spacial score (nSPS) is 19.5. The van der Waals surface area contributed by atoms with Crippen LogP contribution in [0.2, 0.25) is 0 Å². The highest BCUT2D eigenvalue weighted by molar-refractivity contribution is 5.97. The second-order valence-electron chi connectivity index (χ2n) is 5.22. The lowest BCUT2D eigenvalue weighted by Crippen LogP contribution is -2.29. The third-order valence-electron chi connectivity index (χ3n) is 3.70. The molecule has 4 heteroatoms. The summed E-state index contributed by atoms with van der Waals surface area (Å²) in [5.41, 5.74) is 0.180. The molecule has 1 atom stereocenters. The Bertz CT molecular complexity index is 456. The lowest BCUT2D eigenvalue weighted by atomic mass is 9.95. The first-order chi connectivity index (χ1) is 8.50. The van der Waals surface area contributed by atoms with Gasteiger partial charge in [0.25, 0.3) is 5.91 Å². The molecule has 0 bridgehead atoms. The van der Waals surface area contributed by atoms with Crippen molar-refractivity contribution >= 4 is 5.91 Å². The summed E-state index contributed by atoms with van der Waals surface area (Å²) in [5, 5.41) is 19.1. The average molecular weight is 249 g/mol. The average Bonchev–Trinajstić information content (AvgIpc) is 2.81. The molecule has 4 nitrogen and oxygen atoms in total. The van der Waals surface area contributed by atoms with E-state index < -0.39 is 0 Å². The van der Waals surface area contributed by atoms with E-state index in [2.05, 4.69) is 13.8 Å². The highest BCUT2D eigenvalue weighted by atomic mass is 16.3. The molecule has 2 N–H and O–H groups in total. The summed E-state index contributed by atoms with van der Waals surface area (Å²) in [4.78, 5) is 14.0. The Hall–Kier alpha value is -1.71. The van der Waals surface area contributed by atoms with E-state index in [0.717, 1.165) is 19.5 Å². The minimum absolute atomic E-state index is 0.180. The monoisotopic (exact) mass is 249 g/mol. The van der Waals surface area contributed by atoms with Crippen molar-refractivity contribution < 1.29 is 15.0 Å². The quantitative estimate of drug-likeness (QED) is 0.790. The summed E-state index contributed by atoms with van der Waals surface area (Å²) in [6.07, 6.45) is 1.00. The minimum Gasteiger partial charge on any atom is -0.504 e. The number of carbonyl (C=O) groups excluding carboxylic acids is 1. The van der Waals surface area contributed by atoms with Crippen LogP contribution < -0.4 is 0 Å². The Morgan fingerprint density at radius 3 is 2.72 bits per heavy atom. The molecule has 18 heavy (non-hydrogen) atoms. The number of hydrogen-bond acceptors (Lipinski definition) is 3. The summed E-state index contributed by atoms with van der Waals surface area (Å²) < 4.78 is 0. The molecule has 0 radical (unpaired) electrons. The fourth-order valence-electron chi connectivity index (χ4n) is 2.39. The van der Waals surface area contributed by atoms with Gasteiger partial charge in [-0.25, -0.2) is 0 Å². The van der Waals surface area contributed by atoms with E-state index in [1.54, 1.807) is 17.0 Å². The van der Waals surface area contributed by atoms with Crippen molar-refractivity contribution in [3.05, 3.63) is 23.8 Å². The predicted molar refractivity (Wildman–Crippen MR) is 68.6 cm³/mol. The fraction of sp³-hybridized carbons (Fsp3) is 0.500.